The largest absolute Gasteiger partial charge is 0.299 e. The number of carbonyl (C=O) groups is 5. The fourth-order valence-electron chi connectivity index (χ4n) is 5.58. The van der Waals surface area contributed by atoms with Crippen LogP contribution >= 0.6 is 23.5 Å². The molecule has 2 N–H and O–H groups in total. The number of rotatable bonds is 4. The summed E-state index contributed by atoms with van der Waals surface area (Å²) < 4.78 is 0. The molecule has 2 fully saturated rings. The summed E-state index contributed by atoms with van der Waals surface area (Å²) in [6, 6.07) is 37.3. The van der Waals surface area contributed by atoms with Crippen LogP contribution in [-0.2, 0) is 14.4 Å². The van der Waals surface area contributed by atoms with Crippen molar-refractivity contribution >= 4 is 107 Å². The molecule has 9 heteroatoms. The molecule has 6 aromatic rings. The van der Waals surface area contributed by atoms with E-state index in [-0.39, 0.29) is 22.3 Å². The zero-order chi connectivity index (χ0) is 34.2. The molecule has 240 valence electrons. The van der Waals surface area contributed by atoms with Gasteiger partial charge in [0.2, 0.25) is 5.91 Å². The summed E-state index contributed by atoms with van der Waals surface area (Å²) in [5.74, 6) is -0.230. The second-order valence-electron chi connectivity index (χ2n) is 10.8. The van der Waals surface area contributed by atoms with Gasteiger partial charge in [0, 0.05) is 0 Å². The van der Waals surface area contributed by atoms with Gasteiger partial charge in [-0.15, -0.1) is 0 Å². The number of imide groups is 2. The Morgan fingerprint density at radius 1 is 0.551 bits per heavy atom. The summed E-state index contributed by atoms with van der Waals surface area (Å²) in [6.07, 6.45) is 9.76. The lowest BCUT2D eigenvalue weighted by Gasteiger charge is -2.08. The van der Waals surface area contributed by atoms with E-state index in [1.807, 2.05) is 66.8 Å². The first kappa shape index (κ1) is 33.1. The molecule has 0 saturated carbocycles. The Labute approximate surface area is 290 Å². The highest BCUT2D eigenvalue weighted by Gasteiger charge is 2.24. The smallest absolute Gasteiger partial charge is 0.290 e. The molecule has 0 bridgehead atoms. The van der Waals surface area contributed by atoms with Crippen LogP contribution in [0.1, 0.15) is 11.1 Å². The quantitative estimate of drug-likeness (QED) is 0.109. The molecule has 2 aliphatic rings. The van der Waals surface area contributed by atoms with Crippen molar-refractivity contribution in [1.29, 1.82) is 0 Å². The average molecular weight is 681 g/mol. The third kappa shape index (κ3) is 7.86. The minimum atomic E-state index is -0.336. The van der Waals surface area contributed by atoms with Crippen LogP contribution in [0.25, 0.3) is 55.2 Å². The SMILES string of the molecule is O=C/C=C/c1c2ccccc2cc2ccccc12.O=C1CSC(=O)N1.O=C1NC(=O)/C(=C\C=C\c2c3ccccc3cc3ccccc23)S1. The van der Waals surface area contributed by atoms with Crippen LogP contribution in [0, 0.1) is 0 Å². The van der Waals surface area contributed by atoms with Crippen LogP contribution in [0.15, 0.2) is 132 Å². The van der Waals surface area contributed by atoms with Crippen LogP contribution in [0.4, 0.5) is 9.59 Å². The lowest BCUT2D eigenvalue weighted by Crippen LogP contribution is -2.18. The predicted octanol–water partition coefficient (Wildman–Crippen LogP) is 9.05. The van der Waals surface area contributed by atoms with Gasteiger partial charge in [-0.05, 0) is 90.3 Å². The molecular formula is C40H28N2O5S2. The van der Waals surface area contributed by atoms with Crippen molar-refractivity contribution in [2.24, 2.45) is 0 Å². The van der Waals surface area contributed by atoms with Crippen molar-refractivity contribution in [3.63, 3.8) is 0 Å². The van der Waals surface area contributed by atoms with Crippen molar-refractivity contribution in [1.82, 2.24) is 10.6 Å². The first-order valence-electron chi connectivity index (χ1n) is 15.2. The summed E-state index contributed by atoms with van der Waals surface area (Å²) in [6.45, 7) is 0. The third-order valence-electron chi connectivity index (χ3n) is 7.70. The van der Waals surface area contributed by atoms with Gasteiger partial charge in [-0.25, -0.2) is 0 Å². The van der Waals surface area contributed by atoms with E-state index in [4.69, 9.17) is 0 Å². The Kier molecular flexibility index (Phi) is 10.4. The van der Waals surface area contributed by atoms with Gasteiger partial charge in [0.05, 0.1) is 10.7 Å². The summed E-state index contributed by atoms with van der Waals surface area (Å²) in [7, 11) is 0. The normalized spacial score (nSPS) is 15.1. The van der Waals surface area contributed by atoms with Crippen LogP contribution in [-0.4, -0.2) is 34.3 Å². The van der Waals surface area contributed by atoms with E-state index in [0.29, 0.717) is 10.7 Å². The Hall–Kier alpha value is -5.77. The molecule has 2 saturated heterocycles. The first-order valence-corrected chi connectivity index (χ1v) is 17.0. The molecular weight excluding hydrogens is 653 g/mol. The molecule has 2 heterocycles. The molecule has 0 unspecified atom stereocenters. The molecule has 4 amide bonds. The van der Waals surface area contributed by atoms with E-state index in [1.54, 1.807) is 12.2 Å². The molecule has 0 spiro atoms. The van der Waals surface area contributed by atoms with Crippen molar-refractivity contribution in [3.8, 4) is 0 Å². The average Bonchev–Trinajstić information content (AvgIpc) is 3.67. The van der Waals surface area contributed by atoms with E-state index in [1.165, 1.54) is 32.3 Å². The zero-order valence-corrected chi connectivity index (χ0v) is 27.6. The maximum atomic E-state index is 11.6. The maximum absolute atomic E-state index is 11.6. The van der Waals surface area contributed by atoms with Crippen molar-refractivity contribution in [3.05, 3.63) is 143 Å². The second-order valence-corrected chi connectivity index (χ2v) is 12.8. The van der Waals surface area contributed by atoms with Crippen molar-refractivity contribution in [2.75, 3.05) is 5.75 Å². The van der Waals surface area contributed by atoms with Crippen LogP contribution in [0.5, 0.6) is 0 Å². The number of aldehydes is 1. The second kappa shape index (κ2) is 15.4. The zero-order valence-electron chi connectivity index (χ0n) is 25.9. The number of thioether (sulfide) groups is 2. The predicted molar refractivity (Wildman–Crippen MR) is 202 cm³/mol. The van der Waals surface area contributed by atoms with E-state index < -0.39 is 0 Å². The van der Waals surface area contributed by atoms with E-state index in [0.717, 1.165) is 51.7 Å². The van der Waals surface area contributed by atoms with E-state index >= 15 is 0 Å². The highest BCUT2D eigenvalue weighted by atomic mass is 32.2. The standard InChI is InChI=1S/C20H13NO2S.C17H12O.C3H3NO2S/c22-19-18(24-20(23)21-19)11-5-10-17-15-8-3-1-6-13(15)12-14-7-2-4-9-16(14)17;18-11-5-10-17-15-8-3-1-6-13(15)12-14-7-2-4-9-16(14)17;5-2-1-7-3(6)4-2/h1-12H,(H,21,22,23);1-12H;1H2,(H,4,5,6)/b10-5+,18-11+;10-5+;. The van der Waals surface area contributed by atoms with E-state index in [2.05, 4.69) is 71.3 Å². The van der Waals surface area contributed by atoms with E-state index in [9.17, 15) is 24.0 Å². The van der Waals surface area contributed by atoms with Gasteiger partial charge in [-0.3, -0.25) is 34.6 Å². The molecule has 2 aliphatic heterocycles. The molecule has 6 aromatic carbocycles. The van der Waals surface area contributed by atoms with Crippen molar-refractivity contribution < 1.29 is 24.0 Å². The number of nitrogens with one attached hydrogen (secondary N) is 2. The number of allylic oxidation sites excluding steroid dienone is 3. The number of benzene rings is 6. The Balaban J connectivity index is 0.000000146. The Bertz CT molecular complexity index is 2260. The third-order valence-corrected chi connectivity index (χ3v) is 9.30. The fourth-order valence-corrected chi connectivity index (χ4v) is 6.73. The summed E-state index contributed by atoms with van der Waals surface area (Å²) in [4.78, 5) is 54.0. The topological polar surface area (TPSA) is 109 Å². The monoisotopic (exact) mass is 680 g/mol. The summed E-state index contributed by atoms with van der Waals surface area (Å²) in [5.41, 5.74) is 2.21. The maximum Gasteiger partial charge on any atom is 0.290 e. The minimum Gasteiger partial charge on any atom is -0.299 e. The first-order chi connectivity index (χ1) is 23.9. The minimum absolute atomic E-state index is 0.185. The summed E-state index contributed by atoms with van der Waals surface area (Å²) >= 11 is 1.93. The van der Waals surface area contributed by atoms with Crippen molar-refractivity contribution in [2.45, 2.75) is 0 Å². The molecule has 0 radical (unpaired) electrons. The van der Waals surface area contributed by atoms with Gasteiger partial charge in [-0.1, -0.05) is 127 Å². The molecule has 7 nitrogen and oxygen atoms in total. The van der Waals surface area contributed by atoms with Gasteiger partial charge in [0.1, 0.15) is 6.29 Å². The summed E-state index contributed by atoms with van der Waals surface area (Å²) in [5, 5.41) is 13.2. The Morgan fingerprint density at radius 2 is 1.00 bits per heavy atom. The molecule has 49 heavy (non-hydrogen) atoms. The number of fused-ring (bicyclic) bond motifs is 4. The van der Waals surface area contributed by atoms with Crippen LogP contribution in [0.3, 0.4) is 0 Å². The molecule has 0 aliphatic carbocycles. The Morgan fingerprint density at radius 3 is 1.35 bits per heavy atom. The highest BCUT2D eigenvalue weighted by molar-refractivity contribution is 8.18. The molecule has 8 rings (SSSR count). The van der Waals surface area contributed by atoms with Crippen LogP contribution < -0.4 is 10.6 Å². The lowest BCUT2D eigenvalue weighted by molar-refractivity contribution is -0.117. The van der Waals surface area contributed by atoms with Gasteiger partial charge < -0.3 is 0 Å². The number of hydrogen-bond acceptors (Lipinski definition) is 7. The highest BCUT2D eigenvalue weighted by Crippen LogP contribution is 2.31. The van der Waals surface area contributed by atoms with Gasteiger partial charge in [-0.2, -0.15) is 0 Å². The number of amides is 4. The van der Waals surface area contributed by atoms with Gasteiger partial charge in [0.25, 0.3) is 16.4 Å². The lowest BCUT2D eigenvalue weighted by atomic mass is 9.96. The van der Waals surface area contributed by atoms with Crippen LogP contribution in [0.2, 0.25) is 0 Å². The molecule has 0 atom stereocenters. The molecule has 0 aromatic heterocycles. The fraction of sp³-hybridized carbons (Fsp3) is 0.0250. The number of carbonyl (C=O) groups excluding carboxylic acids is 5. The number of hydrogen-bond donors (Lipinski definition) is 2. The van der Waals surface area contributed by atoms with Gasteiger partial charge >= 0.3 is 0 Å². The van der Waals surface area contributed by atoms with Gasteiger partial charge in [0.15, 0.2) is 0 Å².